The van der Waals surface area contributed by atoms with E-state index >= 15 is 0 Å². The summed E-state index contributed by atoms with van der Waals surface area (Å²) in [5.41, 5.74) is 1.24. The topological polar surface area (TPSA) is 35.5 Å². The number of carbonyl (C=O) groups is 1. The summed E-state index contributed by atoms with van der Waals surface area (Å²) in [6.45, 7) is 1.79. The van der Waals surface area contributed by atoms with E-state index in [0.29, 0.717) is 24.2 Å². The standard InChI is InChI=1S/C15H16F2O3/c1-8-5-9(3-4-11(8)14(18)19-2)20-10-6-12-13(7-10)15(12,16)17/h3-5,10,12-13H,6-7H2,1-2H3. The van der Waals surface area contributed by atoms with Crippen molar-refractivity contribution >= 4 is 5.97 Å². The van der Waals surface area contributed by atoms with Gasteiger partial charge in [0.1, 0.15) is 5.75 Å². The quantitative estimate of drug-likeness (QED) is 0.799. The lowest BCUT2D eigenvalue weighted by Gasteiger charge is -2.17. The van der Waals surface area contributed by atoms with E-state index in [1.54, 1.807) is 25.1 Å². The third-order valence-corrected chi connectivity index (χ3v) is 4.30. The second-order valence-electron chi connectivity index (χ2n) is 5.57. The first-order valence-electron chi connectivity index (χ1n) is 6.67. The number of hydrogen-bond donors (Lipinski definition) is 0. The number of esters is 1. The molecule has 0 radical (unpaired) electrons. The van der Waals surface area contributed by atoms with Crippen molar-refractivity contribution < 1.29 is 23.0 Å². The highest BCUT2D eigenvalue weighted by Crippen LogP contribution is 2.64. The van der Waals surface area contributed by atoms with Crippen LogP contribution in [0.25, 0.3) is 0 Å². The van der Waals surface area contributed by atoms with Crippen molar-refractivity contribution in [2.45, 2.75) is 31.8 Å². The molecular weight excluding hydrogens is 266 g/mol. The predicted molar refractivity (Wildman–Crippen MR) is 68.1 cm³/mol. The van der Waals surface area contributed by atoms with Gasteiger partial charge in [-0.15, -0.1) is 0 Å². The summed E-state index contributed by atoms with van der Waals surface area (Å²) in [4.78, 5) is 11.5. The Morgan fingerprint density at radius 3 is 2.50 bits per heavy atom. The van der Waals surface area contributed by atoms with Gasteiger partial charge >= 0.3 is 5.97 Å². The lowest BCUT2D eigenvalue weighted by Crippen LogP contribution is -2.19. The second kappa shape index (κ2) is 4.43. The number of ether oxygens (including phenoxy) is 2. The normalized spacial score (nSPS) is 29.7. The first kappa shape index (κ1) is 13.3. The van der Waals surface area contributed by atoms with E-state index in [0.717, 1.165) is 5.56 Å². The van der Waals surface area contributed by atoms with Crippen LogP contribution in [0.3, 0.4) is 0 Å². The number of halogens is 2. The van der Waals surface area contributed by atoms with E-state index in [2.05, 4.69) is 4.74 Å². The monoisotopic (exact) mass is 282 g/mol. The minimum Gasteiger partial charge on any atom is -0.490 e. The van der Waals surface area contributed by atoms with Gasteiger partial charge in [0.2, 0.25) is 0 Å². The van der Waals surface area contributed by atoms with Gasteiger partial charge in [-0.05, 0) is 43.5 Å². The molecule has 0 bridgehead atoms. The zero-order valence-electron chi connectivity index (χ0n) is 11.4. The molecule has 2 aliphatic carbocycles. The molecule has 2 aliphatic rings. The van der Waals surface area contributed by atoms with E-state index in [-0.39, 0.29) is 6.10 Å². The number of alkyl halides is 2. The van der Waals surface area contributed by atoms with Crippen molar-refractivity contribution in [1.29, 1.82) is 0 Å². The van der Waals surface area contributed by atoms with Crippen LogP contribution in [-0.2, 0) is 4.74 Å². The van der Waals surface area contributed by atoms with E-state index in [1.165, 1.54) is 7.11 Å². The molecule has 2 fully saturated rings. The number of benzene rings is 1. The summed E-state index contributed by atoms with van der Waals surface area (Å²) in [6, 6.07) is 5.07. The number of carbonyl (C=O) groups excluding carboxylic acids is 1. The van der Waals surface area contributed by atoms with Crippen molar-refractivity contribution in [2.24, 2.45) is 11.8 Å². The Kier molecular flexibility index (Phi) is 2.96. The number of hydrogen-bond acceptors (Lipinski definition) is 3. The van der Waals surface area contributed by atoms with Gasteiger partial charge in [0, 0.05) is 11.8 Å². The molecule has 1 aromatic carbocycles. The Morgan fingerprint density at radius 2 is 1.95 bits per heavy atom. The van der Waals surface area contributed by atoms with Gasteiger partial charge in [-0.2, -0.15) is 0 Å². The largest absolute Gasteiger partial charge is 0.490 e. The molecule has 2 saturated carbocycles. The van der Waals surface area contributed by atoms with Crippen LogP contribution in [0.4, 0.5) is 8.78 Å². The van der Waals surface area contributed by atoms with Crippen molar-refractivity contribution in [3.63, 3.8) is 0 Å². The van der Waals surface area contributed by atoms with Gasteiger partial charge in [0.15, 0.2) is 0 Å². The lowest BCUT2D eigenvalue weighted by molar-refractivity contribution is 0.0468. The Hall–Kier alpha value is -1.65. The highest BCUT2D eigenvalue weighted by atomic mass is 19.3. The fourth-order valence-corrected chi connectivity index (χ4v) is 3.10. The Bertz CT molecular complexity index is 542. The Labute approximate surface area is 115 Å². The summed E-state index contributed by atoms with van der Waals surface area (Å²) in [6.07, 6.45) is 0.679. The maximum Gasteiger partial charge on any atom is 0.338 e. The summed E-state index contributed by atoms with van der Waals surface area (Å²) in [5.74, 6) is -3.24. The molecule has 0 saturated heterocycles. The molecule has 108 valence electrons. The van der Waals surface area contributed by atoms with Crippen molar-refractivity contribution in [3.05, 3.63) is 29.3 Å². The first-order chi connectivity index (χ1) is 9.43. The Morgan fingerprint density at radius 1 is 1.30 bits per heavy atom. The zero-order valence-corrected chi connectivity index (χ0v) is 11.4. The molecule has 0 heterocycles. The van der Waals surface area contributed by atoms with Crippen LogP contribution in [-0.4, -0.2) is 25.1 Å². The minimum absolute atomic E-state index is 0.145. The average Bonchev–Trinajstić information content (AvgIpc) is 2.78. The maximum absolute atomic E-state index is 13.1. The molecule has 3 nitrogen and oxygen atoms in total. The van der Waals surface area contributed by atoms with E-state index in [4.69, 9.17) is 4.74 Å². The highest BCUT2D eigenvalue weighted by molar-refractivity contribution is 5.91. The number of fused-ring (bicyclic) bond motifs is 1. The van der Waals surface area contributed by atoms with Crippen molar-refractivity contribution in [1.82, 2.24) is 0 Å². The molecule has 0 aliphatic heterocycles. The van der Waals surface area contributed by atoms with Gasteiger partial charge in [-0.25, -0.2) is 13.6 Å². The highest BCUT2D eigenvalue weighted by Gasteiger charge is 2.72. The van der Waals surface area contributed by atoms with Crippen molar-refractivity contribution in [2.75, 3.05) is 7.11 Å². The molecule has 0 N–H and O–H groups in total. The SMILES string of the molecule is COC(=O)c1ccc(OC2CC3C(C2)C3(F)F)cc1C. The van der Waals surface area contributed by atoms with E-state index in [9.17, 15) is 13.6 Å². The van der Waals surface area contributed by atoms with Gasteiger partial charge < -0.3 is 9.47 Å². The molecule has 2 atom stereocenters. The fraction of sp³-hybridized carbons (Fsp3) is 0.533. The molecule has 2 unspecified atom stereocenters. The van der Waals surface area contributed by atoms with Gasteiger partial charge in [-0.1, -0.05) is 0 Å². The summed E-state index contributed by atoms with van der Waals surface area (Å²) in [7, 11) is 1.33. The smallest absolute Gasteiger partial charge is 0.338 e. The third-order valence-electron chi connectivity index (χ3n) is 4.30. The zero-order chi connectivity index (χ0) is 14.5. The van der Waals surface area contributed by atoms with Gasteiger partial charge in [0.25, 0.3) is 5.92 Å². The molecule has 0 amide bonds. The Balaban J connectivity index is 1.65. The average molecular weight is 282 g/mol. The van der Waals surface area contributed by atoms with Crippen molar-refractivity contribution in [3.8, 4) is 5.75 Å². The molecule has 20 heavy (non-hydrogen) atoms. The van der Waals surface area contributed by atoms with E-state index < -0.39 is 23.7 Å². The minimum atomic E-state index is -2.47. The summed E-state index contributed by atoms with van der Waals surface area (Å²) >= 11 is 0. The van der Waals surface area contributed by atoms with Gasteiger partial charge in [-0.3, -0.25) is 0 Å². The molecule has 0 spiro atoms. The predicted octanol–water partition coefficient (Wildman–Crippen LogP) is 3.20. The summed E-state index contributed by atoms with van der Waals surface area (Å²) in [5, 5.41) is 0. The maximum atomic E-state index is 13.1. The lowest BCUT2D eigenvalue weighted by atomic mass is 10.1. The molecule has 0 aromatic heterocycles. The van der Waals surface area contributed by atoms with Crippen LogP contribution >= 0.6 is 0 Å². The fourth-order valence-electron chi connectivity index (χ4n) is 3.10. The van der Waals surface area contributed by atoms with Crippen LogP contribution in [0.2, 0.25) is 0 Å². The van der Waals surface area contributed by atoms with Crippen LogP contribution in [0.1, 0.15) is 28.8 Å². The molecule has 1 aromatic rings. The van der Waals surface area contributed by atoms with Crippen LogP contribution in [0.5, 0.6) is 5.75 Å². The second-order valence-corrected chi connectivity index (χ2v) is 5.57. The van der Waals surface area contributed by atoms with Crippen LogP contribution in [0, 0.1) is 18.8 Å². The third kappa shape index (κ3) is 2.05. The first-order valence-corrected chi connectivity index (χ1v) is 6.67. The van der Waals surface area contributed by atoms with Crippen LogP contribution < -0.4 is 4.74 Å². The number of rotatable bonds is 3. The van der Waals surface area contributed by atoms with Gasteiger partial charge in [0.05, 0.1) is 18.8 Å². The molecule has 3 rings (SSSR count). The van der Waals surface area contributed by atoms with E-state index in [1.807, 2.05) is 0 Å². The summed E-state index contributed by atoms with van der Waals surface area (Å²) < 4.78 is 36.6. The number of aryl methyl sites for hydroxylation is 1. The number of methoxy groups -OCH3 is 1. The molecular formula is C15H16F2O3. The van der Waals surface area contributed by atoms with Crippen LogP contribution in [0.15, 0.2) is 18.2 Å². The molecule has 5 heteroatoms.